The molecule has 2 aliphatic rings. The molecular weight excluding hydrogens is 298 g/mol. The second kappa shape index (κ2) is 7.55. The van der Waals surface area contributed by atoms with Crippen LogP contribution < -0.4 is 0 Å². The third-order valence-corrected chi connectivity index (χ3v) is 5.28. The molecule has 1 N–H and O–H groups in total. The summed E-state index contributed by atoms with van der Waals surface area (Å²) >= 11 is 1.74. The molecule has 1 aromatic rings. The number of nitrogens with zero attached hydrogens (tertiary/aromatic N) is 3. The SMILES string of the molecule is O=C(CN1CCCC(O)C1)N1CCN(Cc2ccsc2)CC1. The van der Waals surface area contributed by atoms with E-state index in [1.165, 1.54) is 5.56 Å². The van der Waals surface area contributed by atoms with Gasteiger partial charge in [0.1, 0.15) is 0 Å². The molecule has 122 valence electrons. The molecule has 1 atom stereocenters. The summed E-state index contributed by atoms with van der Waals surface area (Å²) in [5.74, 6) is 0.212. The summed E-state index contributed by atoms with van der Waals surface area (Å²) in [5.41, 5.74) is 1.37. The van der Waals surface area contributed by atoms with Crippen molar-refractivity contribution in [1.29, 1.82) is 0 Å². The fourth-order valence-corrected chi connectivity index (χ4v) is 3.92. The predicted octanol–water partition coefficient (Wildman–Crippen LogP) is 0.849. The maximum absolute atomic E-state index is 12.4. The number of β-amino-alcohol motifs (C(OH)–C–C–N with tert-alkyl or cyclic N) is 1. The molecule has 5 nitrogen and oxygen atoms in total. The summed E-state index contributed by atoms with van der Waals surface area (Å²) in [6.07, 6.45) is 1.60. The highest BCUT2D eigenvalue weighted by Crippen LogP contribution is 2.13. The number of aliphatic hydroxyl groups excluding tert-OH is 1. The van der Waals surface area contributed by atoms with Gasteiger partial charge in [-0.05, 0) is 41.8 Å². The average molecular weight is 323 g/mol. The third kappa shape index (κ3) is 4.29. The first kappa shape index (κ1) is 15.9. The molecule has 1 amide bonds. The minimum atomic E-state index is -0.260. The first-order valence-electron chi connectivity index (χ1n) is 8.12. The Hall–Kier alpha value is -0.950. The number of rotatable bonds is 4. The van der Waals surface area contributed by atoms with Gasteiger partial charge in [0.2, 0.25) is 5.91 Å². The monoisotopic (exact) mass is 323 g/mol. The first-order valence-corrected chi connectivity index (χ1v) is 9.06. The Morgan fingerprint density at radius 3 is 2.73 bits per heavy atom. The highest BCUT2D eigenvalue weighted by molar-refractivity contribution is 7.07. The van der Waals surface area contributed by atoms with Crippen LogP contribution in [0.2, 0.25) is 0 Å². The molecule has 3 heterocycles. The number of amides is 1. The lowest BCUT2D eigenvalue weighted by Crippen LogP contribution is -2.52. The van der Waals surface area contributed by atoms with Crippen LogP contribution in [0.25, 0.3) is 0 Å². The Labute approximate surface area is 136 Å². The molecule has 0 aromatic carbocycles. The van der Waals surface area contributed by atoms with E-state index in [2.05, 4.69) is 26.6 Å². The van der Waals surface area contributed by atoms with Gasteiger partial charge in [0.15, 0.2) is 0 Å². The molecular formula is C16H25N3O2S. The van der Waals surface area contributed by atoms with Crippen molar-refractivity contribution < 1.29 is 9.90 Å². The van der Waals surface area contributed by atoms with E-state index < -0.39 is 0 Å². The van der Waals surface area contributed by atoms with Crippen molar-refractivity contribution in [1.82, 2.24) is 14.7 Å². The molecule has 6 heteroatoms. The molecule has 0 spiro atoms. The summed E-state index contributed by atoms with van der Waals surface area (Å²) in [7, 11) is 0. The van der Waals surface area contributed by atoms with Crippen molar-refractivity contribution in [2.45, 2.75) is 25.5 Å². The Bertz CT molecular complexity index is 472. The fourth-order valence-electron chi connectivity index (χ4n) is 3.26. The van der Waals surface area contributed by atoms with Gasteiger partial charge in [-0.2, -0.15) is 11.3 Å². The van der Waals surface area contributed by atoms with E-state index >= 15 is 0 Å². The molecule has 2 saturated heterocycles. The molecule has 0 radical (unpaired) electrons. The maximum Gasteiger partial charge on any atom is 0.236 e. The van der Waals surface area contributed by atoms with Crippen LogP contribution in [-0.2, 0) is 11.3 Å². The lowest BCUT2D eigenvalue weighted by Gasteiger charge is -2.36. The van der Waals surface area contributed by atoms with Crippen LogP contribution in [0.4, 0.5) is 0 Å². The number of likely N-dealkylation sites (tertiary alicyclic amines) is 1. The van der Waals surface area contributed by atoms with Crippen LogP contribution in [0, 0.1) is 0 Å². The highest BCUT2D eigenvalue weighted by Gasteiger charge is 2.25. The lowest BCUT2D eigenvalue weighted by molar-refractivity contribution is -0.134. The van der Waals surface area contributed by atoms with Crippen LogP contribution in [-0.4, -0.2) is 77.6 Å². The highest BCUT2D eigenvalue weighted by atomic mass is 32.1. The van der Waals surface area contributed by atoms with E-state index in [0.717, 1.165) is 52.1 Å². The van der Waals surface area contributed by atoms with Crippen molar-refractivity contribution in [3.8, 4) is 0 Å². The van der Waals surface area contributed by atoms with Gasteiger partial charge in [-0.3, -0.25) is 14.6 Å². The number of piperazine rings is 1. The quantitative estimate of drug-likeness (QED) is 0.892. The minimum Gasteiger partial charge on any atom is -0.392 e. The number of hydrogen-bond acceptors (Lipinski definition) is 5. The first-order chi connectivity index (χ1) is 10.7. The van der Waals surface area contributed by atoms with E-state index in [9.17, 15) is 9.90 Å². The van der Waals surface area contributed by atoms with Gasteiger partial charge in [-0.15, -0.1) is 0 Å². The number of hydrogen-bond donors (Lipinski definition) is 1. The Morgan fingerprint density at radius 2 is 2.05 bits per heavy atom. The summed E-state index contributed by atoms with van der Waals surface area (Å²) in [4.78, 5) is 18.9. The van der Waals surface area contributed by atoms with Gasteiger partial charge < -0.3 is 10.0 Å². The van der Waals surface area contributed by atoms with Gasteiger partial charge in [-0.25, -0.2) is 0 Å². The molecule has 0 aliphatic carbocycles. The summed E-state index contributed by atoms with van der Waals surface area (Å²) in [6.45, 7) is 6.56. The summed E-state index contributed by atoms with van der Waals surface area (Å²) < 4.78 is 0. The van der Waals surface area contributed by atoms with Crippen LogP contribution in [0.15, 0.2) is 16.8 Å². The maximum atomic E-state index is 12.4. The smallest absolute Gasteiger partial charge is 0.236 e. The zero-order valence-corrected chi connectivity index (χ0v) is 13.8. The van der Waals surface area contributed by atoms with Crippen molar-refractivity contribution >= 4 is 17.2 Å². The number of carbonyl (C=O) groups is 1. The second-order valence-electron chi connectivity index (χ2n) is 6.32. The second-order valence-corrected chi connectivity index (χ2v) is 7.10. The topological polar surface area (TPSA) is 47.0 Å². The fraction of sp³-hybridized carbons (Fsp3) is 0.688. The van der Waals surface area contributed by atoms with Crippen LogP contribution >= 0.6 is 11.3 Å². The van der Waals surface area contributed by atoms with Gasteiger partial charge >= 0.3 is 0 Å². The van der Waals surface area contributed by atoms with E-state index in [0.29, 0.717) is 13.1 Å². The number of thiophene rings is 1. The summed E-state index contributed by atoms with van der Waals surface area (Å²) in [5, 5.41) is 14.0. The van der Waals surface area contributed by atoms with E-state index in [4.69, 9.17) is 0 Å². The lowest BCUT2D eigenvalue weighted by atomic mass is 10.1. The Kier molecular flexibility index (Phi) is 5.46. The third-order valence-electron chi connectivity index (χ3n) is 4.55. The van der Waals surface area contributed by atoms with Crippen molar-refractivity contribution in [3.63, 3.8) is 0 Å². The van der Waals surface area contributed by atoms with Crippen LogP contribution in [0.3, 0.4) is 0 Å². The van der Waals surface area contributed by atoms with Crippen LogP contribution in [0.1, 0.15) is 18.4 Å². The normalized spacial score (nSPS) is 24.6. The molecule has 2 fully saturated rings. The molecule has 0 saturated carbocycles. The number of carbonyl (C=O) groups excluding carboxylic acids is 1. The molecule has 2 aliphatic heterocycles. The van der Waals surface area contributed by atoms with E-state index in [1.54, 1.807) is 11.3 Å². The Balaban J connectivity index is 1.41. The van der Waals surface area contributed by atoms with Gasteiger partial charge in [0.05, 0.1) is 12.6 Å². The average Bonchev–Trinajstić information content (AvgIpc) is 3.01. The predicted molar refractivity (Wildman–Crippen MR) is 87.9 cm³/mol. The van der Waals surface area contributed by atoms with Crippen molar-refractivity contribution in [2.75, 3.05) is 45.8 Å². The molecule has 22 heavy (non-hydrogen) atoms. The minimum absolute atomic E-state index is 0.212. The molecule has 1 aromatic heterocycles. The zero-order valence-electron chi connectivity index (χ0n) is 13.0. The largest absolute Gasteiger partial charge is 0.392 e. The van der Waals surface area contributed by atoms with Crippen molar-refractivity contribution in [2.24, 2.45) is 0 Å². The van der Waals surface area contributed by atoms with Crippen LogP contribution in [0.5, 0.6) is 0 Å². The summed E-state index contributed by atoms with van der Waals surface area (Å²) in [6, 6.07) is 2.17. The number of aliphatic hydroxyl groups is 1. The Morgan fingerprint density at radius 1 is 1.23 bits per heavy atom. The molecule has 1 unspecified atom stereocenters. The van der Waals surface area contributed by atoms with E-state index in [1.807, 2.05) is 4.90 Å². The van der Waals surface area contributed by atoms with Gasteiger partial charge in [0.25, 0.3) is 0 Å². The number of piperidine rings is 1. The van der Waals surface area contributed by atoms with E-state index in [-0.39, 0.29) is 12.0 Å². The molecule has 0 bridgehead atoms. The zero-order chi connectivity index (χ0) is 15.4. The van der Waals surface area contributed by atoms with Crippen molar-refractivity contribution in [3.05, 3.63) is 22.4 Å². The molecule has 3 rings (SSSR count). The van der Waals surface area contributed by atoms with Gasteiger partial charge in [0, 0.05) is 39.3 Å². The van der Waals surface area contributed by atoms with Gasteiger partial charge in [-0.1, -0.05) is 0 Å². The standard InChI is InChI=1S/C16H25N3O2S/c20-15-2-1-4-18(11-15)12-16(21)19-7-5-17(6-8-19)10-14-3-9-22-13-14/h3,9,13,15,20H,1-2,4-8,10-12H2.